The van der Waals surface area contributed by atoms with Gasteiger partial charge in [0, 0.05) is 36.8 Å². The van der Waals surface area contributed by atoms with E-state index in [4.69, 9.17) is 26.3 Å². The summed E-state index contributed by atoms with van der Waals surface area (Å²) < 4.78 is 10.8. The van der Waals surface area contributed by atoms with Crippen LogP contribution in [0.3, 0.4) is 0 Å². The van der Waals surface area contributed by atoms with Crippen molar-refractivity contribution < 1.29 is 23.9 Å². The minimum Gasteiger partial charge on any atom is -0.484 e. The summed E-state index contributed by atoms with van der Waals surface area (Å²) in [5, 5.41) is 17.0. The Kier molecular flexibility index (Phi) is 8.66. The van der Waals surface area contributed by atoms with Gasteiger partial charge >= 0.3 is 0 Å². The van der Waals surface area contributed by atoms with Crippen molar-refractivity contribution in [2.24, 2.45) is 0 Å². The minimum atomic E-state index is -0.436. The van der Waals surface area contributed by atoms with E-state index in [0.29, 0.717) is 16.9 Å². The summed E-state index contributed by atoms with van der Waals surface area (Å²) in [4.78, 5) is 35.4. The van der Waals surface area contributed by atoms with Crippen molar-refractivity contribution in [1.82, 2.24) is 16.0 Å². The van der Waals surface area contributed by atoms with Crippen molar-refractivity contribution in [2.45, 2.75) is 6.54 Å². The Morgan fingerprint density at radius 2 is 1.68 bits per heavy atom. The monoisotopic (exact) mass is 444 g/mol. The minimum absolute atomic E-state index is 0.0779. The van der Waals surface area contributed by atoms with E-state index in [9.17, 15) is 14.4 Å². The predicted molar refractivity (Wildman–Crippen MR) is 113 cm³/mol. The molecule has 2 aromatic carbocycles. The van der Waals surface area contributed by atoms with Gasteiger partial charge in [0.2, 0.25) is 0 Å². The molecular formula is C21H21ClN4O5. The van der Waals surface area contributed by atoms with Gasteiger partial charge in [0.25, 0.3) is 17.7 Å². The van der Waals surface area contributed by atoms with Crippen molar-refractivity contribution in [3.63, 3.8) is 0 Å². The van der Waals surface area contributed by atoms with Crippen molar-refractivity contribution in [1.29, 1.82) is 5.26 Å². The molecule has 0 fully saturated rings. The fourth-order valence-electron chi connectivity index (χ4n) is 2.40. The number of hydrogen-bond donors (Lipinski definition) is 3. The van der Waals surface area contributed by atoms with E-state index in [2.05, 4.69) is 16.0 Å². The van der Waals surface area contributed by atoms with Crippen LogP contribution in [0.15, 0.2) is 36.4 Å². The number of nitrogens with one attached hydrogen (secondary N) is 3. The number of halogens is 1. The molecule has 0 radical (unpaired) electrons. The molecule has 2 rings (SSSR count). The average Bonchev–Trinajstić information content (AvgIpc) is 2.78. The summed E-state index contributed by atoms with van der Waals surface area (Å²) in [6.45, 7) is -0.365. The maximum atomic E-state index is 12.6. The van der Waals surface area contributed by atoms with Gasteiger partial charge in [-0.05, 0) is 30.3 Å². The third kappa shape index (κ3) is 7.21. The Hall–Kier alpha value is -3.77. The second-order valence-electron chi connectivity index (χ2n) is 6.22. The quantitative estimate of drug-likeness (QED) is 0.536. The van der Waals surface area contributed by atoms with Crippen LogP contribution in [0.4, 0.5) is 0 Å². The Morgan fingerprint density at radius 3 is 2.32 bits per heavy atom. The molecule has 0 aliphatic carbocycles. The van der Waals surface area contributed by atoms with E-state index in [0.717, 1.165) is 0 Å². The van der Waals surface area contributed by atoms with Crippen molar-refractivity contribution in [2.75, 3.05) is 27.3 Å². The fourth-order valence-corrected chi connectivity index (χ4v) is 2.62. The topological polar surface area (TPSA) is 130 Å². The van der Waals surface area contributed by atoms with Crippen LogP contribution < -0.4 is 25.4 Å². The summed E-state index contributed by atoms with van der Waals surface area (Å²) >= 11 is 6.05. The summed E-state index contributed by atoms with van der Waals surface area (Å²) in [7, 11) is 2.97. The van der Waals surface area contributed by atoms with E-state index in [1.165, 1.54) is 38.4 Å². The van der Waals surface area contributed by atoms with Gasteiger partial charge in [-0.3, -0.25) is 14.4 Å². The first kappa shape index (κ1) is 23.5. The molecule has 10 heteroatoms. The van der Waals surface area contributed by atoms with Crippen LogP contribution in [-0.2, 0) is 16.1 Å². The molecule has 2 aromatic rings. The van der Waals surface area contributed by atoms with E-state index in [1.807, 2.05) is 6.07 Å². The van der Waals surface area contributed by atoms with Crippen LogP contribution in [0.2, 0.25) is 5.02 Å². The van der Waals surface area contributed by atoms with E-state index in [1.54, 1.807) is 12.1 Å². The highest BCUT2D eigenvalue weighted by Crippen LogP contribution is 2.23. The van der Waals surface area contributed by atoms with Gasteiger partial charge in [0.1, 0.15) is 11.5 Å². The van der Waals surface area contributed by atoms with Crippen LogP contribution in [0.5, 0.6) is 11.5 Å². The van der Waals surface area contributed by atoms with Crippen LogP contribution in [0, 0.1) is 11.3 Å². The van der Waals surface area contributed by atoms with E-state index >= 15 is 0 Å². The summed E-state index contributed by atoms with van der Waals surface area (Å²) in [6, 6.07) is 11.1. The molecule has 31 heavy (non-hydrogen) atoms. The van der Waals surface area contributed by atoms with Crippen LogP contribution in [0.1, 0.15) is 21.5 Å². The van der Waals surface area contributed by atoms with Crippen LogP contribution in [0.25, 0.3) is 0 Å². The first-order chi connectivity index (χ1) is 14.9. The standard InChI is InChI=1S/C21H21ClN4O5/c1-24-19(27)11-30-17-7-15(6-16(22)8-17)21(29)26-10-14-4-3-13(9-23)5-18(14)31-12-20(28)25-2/h3-8H,10-12H2,1-2H3,(H,24,27)(H,25,28)(H,26,29). The molecule has 0 bridgehead atoms. The Bertz CT molecular complexity index is 1020. The average molecular weight is 445 g/mol. The van der Waals surface area contributed by atoms with Gasteiger partial charge in [-0.2, -0.15) is 5.26 Å². The van der Waals surface area contributed by atoms with Crippen molar-refractivity contribution in [3.05, 3.63) is 58.1 Å². The zero-order valence-corrected chi connectivity index (χ0v) is 17.7. The molecule has 3 amide bonds. The zero-order chi connectivity index (χ0) is 22.8. The molecule has 9 nitrogen and oxygen atoms in total. The summed E-state index contributed by atoms with van der Waals surface area (Å²) in [5.41, 5.74) is 1.17. The third-order valence-electron chi connectivity index (χ3n) is 4.06. The van der Waals surface area contributed by atoms with Gasteiger partial charge < -0.3 is 25.4 Å². The number of hydrogen-bond acceptors (Lipinski definition) is 6. The normalized spacial score (nSPS) is 9.87. The lowest BCUT2D eigenvalue weighted by atomic mass is 10.1. The van der Waals surface area contributed by atoms with Gasteiger partial charge in [-0.25, -0.2) is 0 Å². The van der Waals surface area contributed by atoms with Gasteiger partial charge in [-0.15, -0.1) is 0 Å². The number of likely N-dealkylation sites (N-methyl/N-ethyl adjacent to an activating group) is 2. The number of nitriles is 1. The second-order valence-corrected chi connectivity index (χ2v) is 6.65. The first-order valence-corrected chi connectivity index (χ1v) is 9.52. The predicted octanol–water partition coefficient (Wildman–Crippen LogP) is 1.39. The fraction of sp³-hybridized carbons (Fsp3) is 0.238. The van der Waals surface area contributed by atoms with Crippen LogP contribution in [-0.4, -0.2) is 45.0 Å². The molecule has 0 aromatic heterocycles. The molecule has 0 atom stereocenters. The number of nitrogens with zero attached hydrogens (tertiary/aromatic N) is 1. The molecule has 0 spiro atoms. The maximum absolute atomic E-state index is 12.6. The van der Waals surface area contributed by atoms with Gasteiger partial charge in [0.05, 0.1) is 11.6 Å². The largest absolute Gasteiger partial charge is 0.484 e. The van der Waals surface area contributed by atoms with E-state index in [-0.39, 0.29) is 47.9 Å². The van der Waals surface area contributed by atoms with Gasteiger partial charge in [0.15, 0.2) is 13.2 Å². The highest BCUT2D eigenvalue weighted by molar-refractivity contribution is 6.31. The molecule has 0 saturated carbocycles. The zero-order valence-electron chi connectivity index (χ0n) is 17.0. The highest BCUT2D eigenvalue weighted by atomic mass is 35.5. The SMILES string of the molecule is CNC(=O)COc1cc(Cl)cc(C(=O)NCc2ccc(C#N)cc2OCC(=O)NC)c1. The number of rotatable bonds is 9. The molecule has 3 N–H and O–H groups in total. The smallest absolute Gasteiger partial charge is 0.257 e. The lowest BCUT2D eigenvalue weighted by Gasteiger charge is -2.13. The third-order valence-corrected chi connectivity index (χ3v) is 4.27. The number of carbonyl (C=O) groups excluding carboxylic acids is 3. The first-order valence-electron chi connectivity index (χ1n) is 9.14. The molecule has 0 aliphatic heterocycles. The molecular weight excluding hydrogens is 424 g/mol. The lowest BCUT2D eigenvalue weighted by Crippen LogP contribution is -2.26. The number of ether oxygens (including phenoxy) is 2. The molecule has 0 saturated heterocycles. The second kappa shape index (κ2) is 11.4. The highest BCUT2D eigenvalue weighted by Gasteiger charge is 2.13. The molecule has 0 aliphatic rings. The summed E-state index contributed by atoms with van der Waals surface area (Å²) in [6.07, 6.45) is 0. The van der Waals surface area contributed by atoms with Crippen LogP contribution >= 0.6 is 11.6 Å². The Balaban J connectivity index is 2.11. The van der Waals surface area contributed by atoms with Crippen molar-refractivity contribution >= 4 is 29.3 Å². The Morgan fingerprint density at radius 1 is 1.00 bits per heavy atom. The molecule has 162 valence electrons. The Labute approximate surface area is 184 Å². The molecule has 0 heterocycles. The lowest BCUT2D eigenvalue weighted by molar-refractivity contribution is -0.123. The number of benzene rings is 2. The number of carbonyl (C=O) groups is 3. The maximum Gasteiger partial charge on any atom is 0.257 e. The van der Waals surface area contributed by atoms with Crippen molar-refractivity contribution in [3.8, 4) is 17.6 Å². The van der Waals surface area contributed by atoms with Gasteiger partial charge in [-0.1, -0.05) is 17.7 Å². The number of amides is 3. The summed E-state index contributed by atoms with van der Waals surface area (Å²) in [5.74, 6) is -0.511. The molecule has 0 unspecified atom stereocenters. The van der Waals surface area contributed by atoms with E-state index < -0.39 is 5.91 Å².